The smallest absolute Gasteiger partial charge is 0.335 e. The van der Waals surface area contributed by atoms with Gasteiger partial charge in [0.1, 0.15) is 5.82 Å². The minimum absolute atomic E-state index is 0.0500. The van der Waals surface area contributed by atoms with E-state index in [0.717, 1.165) is 12.2 Å². The number of anilines is 3. The fourth-order valence-electron chi connectivity index (χ4n) is 4.25. The van der Waals surface area contributed by atoms with E-state index in [4.69, 9.17) is 0 Å². The number of aromatic carboxylic acids is 1. The molecule has 0 saturated carbocycles. The van der Waals surface area contributed by atoms with Crippen molar-refractivity contribution in [2.75, 3.05) is 34.8 Å². The molecule has 2 N–H and O–H groups in total. The zero-order chi connectivity index (χ0) is 23.5. The maximum absolute atomic E-state index is 14.1. The van der Waals surface area contributed by atoms with Gasteiger partial charge in [0.25, 0.3) is 5.91 Å². The number of hydrogen-bond donors (Lipinski definition) is 2. The highest BCUT2D eigenvalue weighted by molar-refractivity contribution is 6.07. The van der Waals surface area contributed by atoms with Crippen LogP contribution in [0.5, 0.6) is 0 Å². The van der Waals surface area contributed by atoms with Gasteiger partial charge in [0.15, 0.2) is 0 Å². The largest absolute Gasteiger partial charge is 0.478 e. The quantitative estimate of drug-likeness (QED) is 0.588. The molecule has 1 saturated heterocycles. The number of rotatable bonds is 5. The third kappa shape index (κ3) is 4.82. The Labute approximate surface area is 192 Å². The summed E-state index contributed by atoms with van der Waals surface area (Å²) < 4.78 is 14.1. The first-order chi connectivity index (χ1) is 15.8. The highest BCUT2D eigenvalue weighted by Gasteiger charge is 2.26. The van der Waals surface area contributed by atoms with Gasteiger partial charge in [-0.25, -0.2) is 9.18 Å². The van der Waals surface area contributed by atoms with Gasteiger partial charge in [0, 0.05) is 31.4 Å². The molecular weight excluding hydrogens is 421 g/mol. The van der Waals surface area contributed by atoms with E-state index in [1.807, 2.05) is 6.07 Å². The van der Waals surface area contributed by atoms with Crippen molar-refractivity contribution in [3.8, 4) is 0 Å². The first-order valence-corrected chi connectivity index (χ1v) is 10.8. The second-order valence-corrected chi connectivity index (χ2v) is 8.30. The van der Waals surface area contributed by atoms with Crippen molar-refractivity contribution in [2.45, 2.75) is 19.9 Å². The highest BCUT2D eigenvalue weighted by atomic mass is 19.1. The van der Waals surface area contributed by atoms with Crippen LogP contribution in [0.15, 0.2) is 66.7 Å². The van der Waals surface area contributed by atoms with Gasteiger partial charge in [-0.2, -0.15) is 0 Å². The summed E-state index contributed by atoms with van der Waals surface area (Å²) in [5.41, 5.74) is 3.37. The van der Waals surface area contributed by atoms with Crippen molar-refractivity contribution in [2.24, 2.45) is 0 Å². The number of nitrogens with zero attached hydrogens (tertiary/aromatic N) is 2. The maximum atomic E-state index is 14.1. The van der Waals surface area contributed by atoms with Crippen LogP contribution in [-0.4, -0.2) is 42.7 Å². The predicted molar refractivity (Wildman–Crippen MR) is 128 cm³/mol. The summed E-state index contributed by atoms with van der Waals surface area (Å²) in [6, 6.07) is 18.9. The normalized spacial score (nSPS) is 15.9. The number of carbonyl (C=O) groups is 2. The lowest BCUT2D eigenvalue weighted by molar-refractivity contribution is 0.0696. The van der Waals surface area contributed by atoms with Crippen LogP contribution in [-0.2, 0) is 0 Å². The second kappa shape index (κ2) is 9.32. The molecule has 7 heteroatoms. The molecule has 4 rings (SSSR count). The molecule has 0 radical (unpaired) electrons. The molecule has 1 amide bonds. The standard InChI is InChI=1S/C26H26FN3O3/c1-17-6-5-7-20(14-17)30-13-12-29(16-18(30)2)24-11-10-19(26(32)33)15-23(24)28-25(31)21-8-3-4-9-22(21)27/h3-11,14-15,18H,12-13,16H2,1-2H3,(H,28,31)(H,32,33)/t18-/m1/s1. The van der Waals surface area contributed by atoms with Crippen LogP contribution in [0.4, 0.5) is 21.5 Å². The summed E-state index contributed by atoms with van der Waals surface area (Å²) >= 11 is 0. The van der Waals surface area contributed by atoms with Gasteiger partial charge in [-0.3, -0.25) is 4.79 Å². The van der Waals surface area contributed by atoms with Crippen molar-refractivity contribution in [3.63, 3.8) is 0 Å². The molecule has 1 atom stereocenters. The summed E-state index contributed by atoms with van der Waals surface area (Å²) in [6.07, 6.45) is 0. The Morgan fingerprint density at radius 2 is 1.82 bits per heavy atom. The number of carboxylic acid groups (broad SMARTS) is 1. The lowest BCUT2D eigenvalue weighted by Crippen LogP contribution is -2.52. The monoisotopic (exact) mass is 447 g/mol. The van der Waals surface area contributed by atoms with E-state index >= 15 is 0 Å². The van der Waals surface area contributed by atoms with Crippen molar-refractivity contribution >= 4 is 28.9 Å². The number of aryl methyl sites for hydroxylation is 1. The van der Waals surface area contributed by atoms with E-state index in [9.17, 15) is 19.1 Å². The minimum Gasteiger partial charge on any atom is -0.478 e. The number of benzene rings is 3. The molecule has 0 aliphatic carbocycles. The second-order valence-electron chi connectivity index (χ2n) is 8.30. The molecule has 170 valence electrons. The summed E-state index contributed by atoms with van der Waals surface area (Å²) in [7, 11) is 0. The molecule has 1 aliphatic rings. The number of piperazine rings is 1. The van der Waals surface area contributed by atoms with Crippen LogP contribution in [0.1, 0.15) is 33.2 Å². The van der Waals surface area contributed by atoms with E-state index < -0.39 is 17.7 Å². The van der Waals surface area contributed by atoms with Gasteiger partial charge in [0.05, 0.1) is 22.5 Å². The first kappa shape index (κ1) is 22.3. The molecule has 6 nitrogen and oxygen atoms in total. The zero-order valence-corrected chi connectivity index (χ0v) is 18.6. The van der Waals surface area contributed by atoms with Gasteiger partial charge in [-0.1, -0.05) is 24.3 Å². The third-order valence-corrected chi connectivity index (χ3v) is 5.91. The summed E-state index contributed by atoms with van der Waals surface area (Å²) in [4.78, 5) is 28.8. The molecule has 0 bridgehead atoms. The number of halogens is 1. The minimum atomic E-state index is -1.10. The van der Waals surface area contributed by atoms with Gasteiger partial charge in [-0.05, 0) is 61.9 Å². The fourth-order valence-corrected chi connectivity index (χ4v) is 4.25. The Morgan fingerprint density at radius 1 is 1.03 bits per heavy atom. The number of hydrogen-bond acceptors (Lipinski definition) is 4. The molecule has 1 heterocycles. The zero-order valence-electron chi connectivity index (χ0n) is 18.6. The van der Waals surface area contributed by atoms with Crippen LogP contribution in [0.3, 0.4) is 0 Å². The van der Waals surface area contributed by atoms with Crippen LogP contribution in [0.2, 0.25) is 0 Å². The number of carbonyl (C=O) groups excluding carboxylic acids is 1. The Balaban J connectivity index is 1.60. The Hall–Kier alpha value is -3.87. The Kier molecular flexibility index (Phi) is 6.31. The molecular formula is C26H26FN3O3. The SMILES string of the molecule is Cc1cccc(N2CCN(c3ccc(C(=O)O)cc3NC(=O)c3ccccc3F)C[C@H]2C)c1. The molecule has 1 aliphatic heterocycles. The number of carboxylic acids is 1. The Morgan fingerprint density at radius 3 is 2.52 bits per heavy atom. The molecule has 0 aromatic heterocycles. The molecule has 3 aromatic carbocycles. The van der Waals surface area contributed by atoms with Crippen LogP contribution >= 0.6 is 0 Å². The van der Waals surface area contributed by atoms with E-state index in [-0.39, 0.29) is 17.2 Å². The first-order valence-electron chi connectivity index (χ1n) is 10.8. The topological polar surface area (TPSA) is 72.9 Å². The average molecular weight is 448 g/mol. The summed E-state index contributed by atoms with van der Waals surface area (Å²) in [6.45, 7) is 6.35. The van der Waals surface area contributed by atoms with E-state index in [2.05, 4.69) is 47.2 Å². The van der Waals surface area contributed by atoms with Crippen LogP contribution in [0, 0.1) is 12.7 Å². The van der Waals surface area contributed by atoms with E-state index in [0.29, 0.717) is 24.5 Å². The fraction of sp³-hybridized carbons (Fsp3) is 0.231. The summed E-state index contributed by atoms with van der Waals surface area (Å²) in [5.74, 6) is -2.35. The van der Waals surface area contributed by atoms with Crippen LogP contribution < -0.4 is 15.1 Å². The Bertz CT molecular complexity index is 1200. The molecule has 33 heavy (non-hydrogen) atoms. The molecule has 0 unspecified atom stereocenters. The lowest BCUT2D eigenvalue weighted by atomic mass is 10.1. The lowest BCUT2D eigenvalue weighted by Gasteiger charge is -2.43. The average Bonchev–Trinajstić information content (AvgIpc) is 2.79. The van der Waals surface area contributed by atoms with Crippen LogP contribution in [0.25, 0.3) is 0 Å². The van der Waals surface area contributed by atoms with Gasteiger partial charge < -0.3 is 20.2 Å². The van der Waals surface area contributed by atoms with E-state index in [1.54, 1.807) is 12.1 Å². The maximum Gasteiger partial charge on any atom is 0.335 e. The van der Waals surface area contributed by atoms with Gasteiger partial charge in [0.2, 0.25) is 0 Å². The van der Waals surface area contributed by atoms with Crippen molar-refractivity contribution in [3.05, 3.63) is 89.2 Å². The summed E-state index contributed by atoms with van der Waals surface area (Å²) in [5, 5.41) is 12.2. The highest BCUT2D eigenvalue weighted by Crippen LogP contribution is 2.31. The number of nitrogens with one attached hydrogen (secondary N) is 1. The van der Waals surface area contributed by atoms with Gasteiger partial charge in [-0.15, -0.1) is 0 Å². The molecule has 1 fully saturated rings. The number of amides is 1. The van der Waals surface area contributed by atoms with Crippen molar-refractivity contribution < 1.29 is 19.1 Å². The van der Waals surface area contributed by atoms with E-state index in [1.165, 1.54) is 35.9 Å². The third-order valence-electron chi connectivity index (χ3n) is 5.91. The molecule has 3 aromatic rings. The van der Waals surface area contributed by atoms with Gasteiger partial charge >= 0.3 is 5.97 Å². The predicted octanol–water partition coefficient (Wildman–Crippen LogP) is 4.80. The van der Waals surface area contributed by atoms with Crippen molar-refractivity contribution in [1.29, 1.82) is 0 Å². The van der Waals surface area contributed by atoms with Crippen molar-refractivity contribution in [1.82, 2.24) is 0 Å². The molecule has 0 spiro atoms.